The highest BCUT2D eigenvalue weighted by atomic mass is 16.4. The molecule has 2 saturated heterocycles. The van der Waals surface area contributed by atoms with Crippen LogP contribution in [0.5, 0.6) is 0 Å². The minimum absolute atomic E-state index is 0.0602. The van der Waals surface area contributed by atoms with E-state index in [0.717, 1.165) is 25.7 Å². The Bertz CT molecular complexity index is 1240. The molecule has 2 spiro atoms. The number of rotatable bonds is 11. The zero-order chi connectivity index (χ0) is 29.5. The largest absolute Gasteiger partial charge is 0.481 e. The van der Waals surface area contributed by atoms with E-state index in [9.17, 15) is 29.4 Å². The highest BCUT2D eigenvalue weighted by Gasteiger charge is 2.70. The SMILES string of the molecule is O=C(O)C1CC(Cc2ccccc2)CCC12C(=O)N2CCCCN1C(=O)C12CCC(Cc1ccccc1)CC2C(=O)O. The molecule has 42 heavy (non-hydrogen) atoms. The van der Waals surface area contributed by atoms with E-state index in [2.05, 4.69) is 24.3 Å². The van der Waals surface area contributed by atoms with Gasteiger partial charge in [-0.05, 0) is 87.2 Å². The first-order valence-electron chi connectivity index (χ1n) is 15.4. The van der Waals surface area contributed by atoms with E-state index in [1.807, 2.05) is 36.4 Å². The third kappa shape index (κ3) is 4.99. The minimum atomic E-state index is -0.900. The third-order valence-electron chi connectivity index (χ3n) is 10.6. The molecule has 4 fully saturated rings. The maximum atomic E-state index is 13.0. The highest BCUT2D eigenvalue weighted by Crippen LogP contribution is 2.54. The lowest BCUT2D eigenvalue weighted by atomic mass is 9.71. The molecular weight excluding hydrogens is 532 g/mol. The summed E-state index contributed by atoms with van der Waals surface area (Å²) in [5, 5.41) is 20.1. The van der Waals surface area contributed by atoms with Gasteiger partial charge in [-0.3, -0.25) is 19.2 Å². The lowest BCUT2D eigenvalue weighted by Crippen LogP contribution is -2.42. The molecule has 8 heteroatoms. The van der Waals surface area contributed by atoms with Crippen molar-refractivity contribution in [1.82, 2.24) is 9.80 Å². The molecule has 2 amide bonds. The molecule has 2 heterocycles. The Morgan fingerprint density at radius 1 is 0.667 bits per heavy atom. The van der Waals surface area contributed by atoms with Crippen molar-refractivity contribution in [2.75, 3.05) is 13.1 Å². The Hall–Kier alpha value is -3.68. The van der Waals surface area contributed by atoms with Gasteiger partial charge in [0.2, 0.25) is 11.8 Å². The fraction of sp³-hybridized carbons (Fsp3) is 0.529. The van der Waals surface area contributed by atoms with Crippen molar-refractivity contribution in [2.45, 2.75) is 75.3 Å². The van der Waals surface area contributed by atoms with Crippen molar-refractivity contribution in [3.8, 4) is 0 Å². The summed E-state index contributed by atoms with van der Waals surface area (Å²) in [6.45, 7) is 0.949. The maximum absolute atomic E-state index is 13.0. The summed E-state index contributed by atoms with van der Waals surface area (Å²) in [6, 6.07) is 20.2. The zero-order valence-electron chi connectivity index (χ0n) is 24.0. The highest BCUT2D eigenvalue weighted by molar-refractivity contribution is 6.06. The van der Waals surface area contributed by atoms with Crippen molar-refractivity contribution < 1.29 is 29.4 Å². The van der Waals surface area contributed by atoms with Crippen LogP contribution in [-0.2, 0) is 32.0 Å². The molecule has 0 radical (unpaired) electrons. The van der Waals surface area contributed by atoms with Crippen LogP contribution in [0.2, 0.25) is 0 Å². The average Bonchev–Trinajstić information content (AvgIpc) is 3.77. The quantitative estimate of drug-likeness (QED) is 0.304. The number of benzene rings is 2. The van der Waals surface area contributed by atoms with Gasteiger partial charge in [0.15, 0.2) is 0 Å². The fourth-order valence-corrected chi connectivity index (χ4v) is 8.31. The van der Waals surface area contributed by atoms with E-state index < -0.39 is 34.9 Å². The summed E-state index contributed by atoms with van der Waals surface area (Å²) in [4.78, 5) is 54.1. The van der Waals surface area contributed by atoms with Crippen LogP contribution >= 0.6 is 0 Å². The topological polar surface area (TPSA) is 115 Å². The average molecular weight is 573 g/mol. The molecule has 2 saturated carbocycles. The van der Waals surface area contributed by atoms with E-state index in [1.165, 1.54) is 11.1 Å². The first-order valence-corrected chi connectivity index (χ1v) is 15.4. The molecule has 2 aliphatic heterocycles. The molecule has 6 unspecified atom stereocenters. The van der Waals surface area contributed by atoms with E-state index >= 15 is 0 Å². The molecule has 2 aromatic carbocycles. The van der Waals surface area contributed by atoms with Crippen LogP contribution in [0.4, 0.5) is 0 Å². The number of amides is 2. The Kier molecular flexibility index (Phi) is 7.58. The molecule has 2 aliphatic carbocycles. The van der Waals surface area contributed by atoms with Gasteiger partial charge in [0.05, 0.1) is 11.8 Å². The van der Waals surface area contributed by atoms with Gasteiger partial charge >= 0.3 is 11.9 Å². The lowest BCUT2D eigenvalue weighted by molar-refractivity contribution is -0.146. The van der Waals surface area contributed by atoms with Crippen molar-refractivity contribution in [2.24, 2.45) is 23.7 Å². The third-order valence-corrected chi connectivity index (χ3v) is 10.6. The summed E-state index contributed by atoms with van der Waals surface area (Å²) < 4.78 is 0. The summed E-state index contributed by atoms with van der Waals surface area (Å²) in [6.07, 6.45) is 6.74. The number of carboxylic acid groups (broad SMARTS) is 2. The van der Waals surface area contributed by atoms with Crippen LogP contribution < -0.4 is 0 Å². The summed E-state index contributed by atoms with van der Waals surface area (Å²) >= 11 is 0. The van der Waals surface area contributed by atoms with Crippen molar-refractivity contribution in [3.05, 3.63) is 71.8 Å². The van der Waals surface area contributed by atoms with E-state index in [-0.39, 0.29) is 23.7 Å². The molecule has 0 bridgehead atoms. The molecule has 6 atom stereocenters. The summed E-state index contributed by atoms with van der Waals surface area (Å²) in [5.41, 5.74) is 0.612. The second-order valence-electron chi connectivity index (χ2n) is 12.9. The standard InChI is InChI=1S/C34H40N2O6/c37-29(38)27-21-25(19-23-9-3-1-4-10-23)13-15-33(27)31(41)35(33)17-7-8-18-36-32(42)34(36)16-14-26(22-28(34)30(39)40)20-24-11-5-2-6-12-24/h1-6,9-12,25-28H,7-8,13-22H2,(H,37,38)(H,39,40). The first-order chi connectivity index (χ1) is 20.3. The molecule has 2 N–H and O–H groups in total. The number of carboxylic acids is 2. The number of unbranched alkanes of at least 4 members (excludes halogenated alkanes) is 1. The molecule has 4 aliphatic rings. The monoisotopic (exact) mass is 572 g/mol. The molecule has 8 nitrogen and oxygen atoms in total. The predicted octanol–water partition coefficient (Wildman–Crippen LogP) is 4.42. The van der Waals surface area contributed by atoms with Gasteiger partial charge in [-0.15, -0.1) is 0 Å². The van der Waals surface area contributed by atoms with Crippen LogP contribution in [0.25, 0.3) is 0 Å². The number of hydrogen-bond donors (Lipinski definition) is 2. The van der Waals surface area contributed by atoms with Gasteiger partial charge in [0.25, 0.3) is 0 Å². The lowest BCUT2D eigenvalue weighted by Gasteiger charge is -2.33. The number of aliphatic carboxylic acids is 2. The van der Waals surface area contributed by atoms with Crippen LogP contribution in [0.1, 0.15) is 62.5 Å². The first kappa shape index (κ1) is 28.4. The number of hydrogen-bond acceptors (Lipinski definition) is 4. The summed E-state index contributed by atoms with van der Waals surface area (Å²) in [5.74, 6) is -2.84. The smallest absolute Gasteiger partial charge is 0.309 e. The molecular formula is C34H40N2O6. The molecule has 222 valence electrons. The Balaban J connectivity index is 1.01. The number of nitrogens with zero attached hydrogens (tertiary/aromatic N) is 2. The second kappa shape index (κ2) is 11.2. The second-order valence-corrected chi connectivity index (χ2v) is 12.9. The van der Waals surface area contributed by atoms with Gasteiger partial charge in [-0.25, -0.2) is 0 Å². The van der Waals surface area contributed by atoms with Crippen LogP contribution in [-0.4, -0.2) is 67.9 Å². The van der Waals surface area contributed by atoms with Crippen molar-refractivity contribution in [1.29, 1.82) is 0 Å². The summed E-state index contributed by atoms with van der Waals surface area (Å²) in [7, 11) is 0. The van der Waals surface area contributed by atoms with Crippen LogP contribution in [0.3, 0.4) is 0 Å². The van der Waals surface area contributed by atoms with Crippen molar-refractivity contribution >= 4 is 23.8 Å². The predicted molar refractivity (Wildman–Crippen MR) is 155 cm³/mol. The normalized spacial score (nSPS) is 31.9. The molecule has 6 rings (SSSR count). The molecule has 0 aromatic heterocycles. The van der Waals surface area contributed by atoms with Crippen molar-refractivity contribution in [3.63, 3.8) is 0 Å². The van der Waals surface area contributed by atoms with E-state index in [4.69, 9.17) is 0 Å². The zero-order valence-corrected chi connectivity index (χ0v) is 24.0. The van der Waals surface area contributed by atoms with E-state index in [1.54, 1.807) is 9.80 Å². The van der Waals surface area contributed by atoms with E-state index in [0.29, 0.717) is 51.6 Å². The number of carbonyl (C=O) groups excluding carboxylic acids is 2. The molecule has 2 aromatic rings. The van der Waals surface area contributed by atoms with Crippen LogP contribution in [0.15, 0.2) is 60.7 Å². The van der Waals surface area contributed by atoms with Gasteiger partial charge < -0.3 is 20.0 Å². The fourth-order valence-electron chi connectivity index (χ4n) is 8.31. The van der Waals surface area contributed by atoms with Gasteiger partial charge in [0, 0.05) is 13.1 Å². The Morgan fingerprint density at radius 3 is 1.40 bits per heavy atom. The maximum Gasteiger partial charge on any atom is 0.309 e. The van der Waals surface area contributed by atoms with Crippen LogP contribution in [0, 0.1) is 23.7 Å². The Morgan fingerprint density at radius 2 is 1.05 bits per heavy atom. The van der Waals surface area contributed by atoms with Gasteiger partial charge in [-0.2, -0.15) is 0 Å². The number of carbonyl (C=O) groups is 4. The Labute approximate surface area is 246 Å². The van der Waals surface area contributed by atoms with Gasteiger partial charge in [0.1, 0.15) is 11.1 Å². The van der Waals surface area contributed by atoms with Gasteiger partial charge in [-0.1, -0.05) is 60.7 Å². The minimum Gasteiger partial charge on any atom is -0.481 e.